The molecule has 0 aromatic carbocycles. The van der Waals surface area contributed by atoms with Gasteiger partial charge in [-0.05, 0) is 85.0 Å². The first-order valence-corrected chi connectivity index (χ1v) is 8.98. The first kappa shape index (κ1) is 18.0. The lowest BCUT2D eigenvalue weighted by atomic mass is 9.98. The van der Waals surface area contributed by atoms with Gasteiger partial charge in [0.25, 0.3) is 0 Å². The summed E-state index contributed by atoms with van der Waals surface area (Å²) in [5.41, 5.74) is 0.280. The van der Waals surface area contributed by atoms with Crippen molar-refractivity contribution in [1.29, 1.82) is 0 Å². The Morgan fingerprint density at radius 2 is 1.75 bits per heavy atom. The lowest BCUT2D eigenvalue weighted by molar-refractivity contribution is 0.272. The summed E-state index contributed by atoms with van der Waals surface area (Å²) >= 11 is 0. The van der Waals surface area contributed by atoms with Crippen LogP contribution in [0.3, 0.4) is 0 Å². The van der Waals surface area contributed by atoms with E-state index in [1.54, 1.807) is 0 Å². The fourth-order valence-corrected chi connectivity index (χ4v) is 3.13. The predicted octanol–water partition coefficient (Wildman–Crippen LogP) is 4.45. The van der Waals surface area contributed by atoms with Crippen LogP contribution in [0.5, 0.6) is 0 Å². The number of likely N-dealkylation sites (tertiary alicyclic amines) is 1. The van der Waals surface area contributed by atoms with E-state index in [2.05, 4.69) is 37.9 Å². The molecule has 1 N–H and O–H groups in total. The molecular formula is C18H38N2. The summed E-state index contributed by atoms with van der Waals surface area (Å²) in [4.78, 5) is 2.71. The van der Waals surface area contributed by atoms with E-state index >= 15 is 0 Å². The maximum atomic E-state index is 3.57. The SMILES string of the molecule is CCC1CCCN(CCCCCCNC(C)(C)C)CC1. The van der Waals surface area contributed by atoms with Crippen molar-refractivity contribution in [3.63, 3.8) is 0 Å². The molecule has 1 atom stereocenters. The van der Waals surface area contributed by atoms with Gasteiger partial charge in [-0.1, -0.05) is 26.2 Å². The van der Waals surface area contributed by atoms with Crippen LogP contribution in [-0.2, 0) is 0 Å². The fraction of sp³-hybridized carbons (Fsp3) is 1.00. The van der Waals surface area contributed by atoms with Crippen molar-refractivity contribution in [1.82, 2.24) is 10.2 Å². The molecule has 1 fully saturated rings. The number of nitrogens with zero attached hydrogens (tertiary/aromatic N) is 1. The molecule has 0 aromatic heterocycles. The summed E-state index contributed by atoms with van der Waals surface area (Å²) in [7, 11) is 0. The normalized spacial score (nSPS) is 21.9. The fourth-order valence-electron chi connectivity index (χ4n) is 3.13. The van der Waals surface area contributed by atoms with E-state index in [0.29, 0.717) is 0 Å². The Kier molecular flexibility index (Phi) is 8.79. The molecule has 2 heteroatoms. The van der Waals surface area contributed by atoms with E-state index in [1.807, 2.05) is 0 Å². The van der Waals surface area contributed by atoms with Gasteiger partial charge in [-0.25, -0.2) is 0 Å². The molecule has 0 bridgehead atoms. The Hall–Kier alpha value is -0.0800. The van der Waals surface area contributed by atoms with Gasteiger partial charge >= 0.3 is 0 Å². The predicted molar refractivity (Wildman–Crippen MR) is 90.3 cm³/mol. The molecule has 1 saturated heterocycles. The minimum atomic E-state index is 0.280. The monoisotopic (exact) mass is 282 g/mol. The van der Waals surface area contributed by atoms with E-state index < -0.39 is 0 Å². The van der Waals surface area contributed by atoms with Crippen LogP contribution in [0.25, 0.3) is 0 Å². The number of nitrogens with one attached hydrogen (secondary N) is 1. The van der Waals surface area contributed by atoms with E-state index in [0.717, 1.165) is 5.92 Å². The molecule has 1 heterocycles. The Labute approximate surface area is 127 Å². The van der Waals surface area contributed by atoms with Crippen LogP contribution < -0.4 is 5.32 Å². The first-order chi connectivity index (χ1) is 9.51. The van der Waals surface area contributed by atoms with Gasteiger partial charge in [0.1, 0.15) is 0 Å². The molecule has 1 aliphatic heterocycles. The summed E-state index contributed by atoms with van der Waals surface area (Å²) in [6.07, 6.45) is 11.2. The minimum Gasteiger partial charge on any atom is -0.312 e. The van der Waals surface area contributed by atoms with Crippen molar-refractivity contribution >= 4 is 0 Å². The van der Waals surface area contributed by atoms with E-state index in [1.165, 1.54) is 77.5 Å². The molecular weight excluding hydrogens is 244 g/mol. The topological polar surface area (TPSA) is 15.3 Å². The summed E-state index contributed by atoms with van der Waals surface area (Å²) in [5, 5.41) is 3.57. The maximum Gasteiger partial charge on any atom is 0.00965 e. The van der Waals surface area contributed by atoms with Gasteiger partial charge in [0.15, 0.2) is 0 Å². The molecule has 0 saturated carbocycles. The van der Waals surface area contributed by atoms with Crippen molar-refractivity contribution < 1.29 is 0 Å². The van der Waals surface area contributed by atoms with Crippen molar-refractivity contribution in [3.05, 3.63) is 0 Å². The van der Waals surface area contributed by atoms with Crippen molar-refractivity contribution in [2.24, 2.45) is 5.92 Å². The summed E-state index contributed by atoms with van der Waals surface area (Å²) < 4.78 is 0. The van der Waals surface area contributed by atoms with Crippen LogP contribution >= 0.6 is 0 Å². The quantitative estimate of drug-likeness (QED) is 0.662. The molecule has 0 spiro atoms. The summed E-state index contributed by atoms with van der Waals surface area (Å²) in [6.45, 7) is 14.3. The van der Waals surface area contributed by atoms with Crippen LogP contribution in [0.1, 0.15) is 79.1 Å². The second-order valence-electron chi connectivity index (χ2n) is 7.64. The Morgan fingerprint density at radius 3 is 2.45 bits per heavy atom. The van der Waals surface area contributed by atoms with Gasteiger partial charge in [-0.2, -0.15) is 0 Å². The van der Waals surface area contributed by atoms with Gasteiger partial charge in [0.05, 0.1) is 0 Å². The highest BCUT2D eigenvalue weighted by atomic mass is 15.1. The van der Waals surface area contributed by atoms with Crippen LogP contribution in [0, 0.1) is 5.92 Å². The second kappa shape index (κ2) is 9.78. The molecule has 1 aliphatic rings. The third-order valence-corrected chi connectivity index (χ3v) is 4.57. The zero-order valence-corrected chi connectivity index (χ0v) is 14.5. The smallest absolute Gasteiger partial charge is 0.00965 e. The Bertz CT molecular complexity index is 232. The maximum absolute atomic E-state index is 3.57. The highest BCUT2D eigenvalue weighted by Crippen LogP contribution is 2.20. The molecule has 120 valence electrons. The van der Waals surface area contributed by atoms with Crippen molar-refractivity contribution in [2.75, 3.05) is 26.2 Å². The van der Waals surface area contributed by atoms with Crippen LogP contribution in [0.15, 0.2) is 0 Å². The molecule has 1 unspecified atom stereocenters. The molecule has 20 heavy (non-hydrogen) atoms. The minimum absolute atomic E-state index is 0.280. The number of hydrogen-bond acceptors (Lipinski definition) is 2. The second-order valence-corrected chi connectivity index (χ2v) is 7.64. The third kappa shape index (κ3) is 8.97. The average Bonchev–Trinajstić information content (AvgIpc) is 2.61. The van der Waals surface area contributed by atoms with Gasteiger partial charge in [-0.15, -0.1) is 0 Å². The largest absolute Gasteiger partial charge is 0.312 e. The molecule has 1 rings (SSSR count). The van der Waals surface area contributed by atoms with Crippen LogP contribution in [0.4, 0.5) is 0 Å². The first-order valence-electron chi connectivity index (χ1n) is 8.98. The summed E-state index contributed by atoms with van der Waals surface area (Å²) in [6, 6.07) is 0. The molecule has 2 nitrogen and oxygen atoms in total. The molecule has 0 radical (unpaired) electrons. The van der Waals surface area contributed by atoms with Gasteiger partial charge in [0, 0.05) is 5.54 Å². The van der Waals surface area contributed by atoms with Gasteiger partial charge < -0.3 is 10.2 Å². The zero-order valence-electron chi connectivity index (χ0n) is 14.5. The van der Waals surface area contributed by atoms with E-state index in [9.17, 15) is 0 Å². The lowest BCUT2D eigenvalue weighted by Gasteiger charge is -2.21. The Morgan fingerprint density at radius 1 is 1.00 bits per heavy atom. The Balaban J connectivity index is 1.96. The molecule has 0 amide bonds. The van der Waals surface area contributed by atoms with Crippen molar-refractivity contribution in [3.8, 4) is 0 Å². The lowest BCUT2D eigenvalue weighted by Crippen LogP contribution is -2.36. The average molecular weight is 283 g/mol. The van der Waals surface area contributed by atoms with Crippen LogP contribution in [0.2, 0.25) is 0 Å². The zero-order chi connectivity index (χ0) is 14.8. The highest BCUT2D eigenvalue weighted by Gasteiger charge is 2.14. The van der Waals surface area contributed by atoms with E-state index in [4.69, 9.17) is 0 Å². The summed E-state index contributed by atoms with van der Waals surface area (Å²) in [5.74, 6) is 1.00. The third-order valence-electron chi connectivity index (χ3n) is 4.57. The standard InChI is InChI=1S/C18H38N2/c1-5-17-11-10-15-20(16-12-17)14-9-7-6-8-13-19-18(2,3)4/h17,19H,5-16H2,1-4H3. The highest BCUT2D eigenvalue weighted by molar-refractivity contribution is 4.70. The molecule has 0 aliphatic carbocycles. The number of hydrogen-bond donors (Lipinski definition) is 1. The van der Waals surface area contributed by atoms with Gasteiger partial charge in [-0.3, -0.25) is 0 Å². The van der Waals surface area contributed by atoms with Crippen molar-refractivity contribution in [2.45, 2.75) is 84.6 Å². The number of unbranched alkanes of at least 4 members (excludes halogenated alkanes) is 3. The van der Waals surface area contributed by atoms with Gasteiger partial charge in [0.2, 0.25) is 0 Å². The van der Waals surface area contributed by atoms with Crippen LogP contribution in [-0.4, -0.2) is 36.6 Å². The molecule has 0 aromatic rings. The number of rotatable bonds is 8. The van der Waals surface area contributed by atoms with E-state index in [-0.39, 0.29) is 5.54 Å².